The van der Waals surface area contributed by atoms with Crippen molar-refractivity contribution in [3.05, 3.63) is 28.8 Å². The molecule has 86 valence electrons. The molecule has 1 heterocycles. The molecule has 2 aliphatic rings. The molecular weight excluding hydrogens is 218 g/mol. The highest BCUT2D eigenvalue weighted by Gasteiger charge is 2.36. The van der Waals surface area contributed by atoms with Crippen LogP contribution in [0.15, 0.2) is 18.2 Å². The third-order valence-corrected chi connectivity index (χ3v) is 4.70. The van der Waals surface area contributed by atoms with Gasteiger partial charge in [-0.1, -0.05) is 43.5 Å². The van der Waals surface area contributed by atoms with Crippen molar-refractivity contribution < 1.29 is 0 Å². The molecule has 0 aromatic heterocycles. The molecule has 3 rings (SSSR count). The molecule has 3 unspecified atom stereocenters. The number of halogens is 1. The number of anilines is 1. The van der Waals surface area contributed by atoms with Crippen molar-refractivity contribution in [3.63, 3.8) is 0 Å². The van der Waals surface area contributed by atoms with Gasteiger partial charge >= 0.3 is 0 Å². The van der Waals surface area contributed by atoms with E-state index in [9.17, 15) is 0 Å². The molecule has 0 saturated heterocycles. The summed E-state index contributed by atoms with van der Waals surface area (Å²) in [5, 5.41) is 4.36. The molecule has 0 radical (unpaired) electrons. The third kappa shape index (κ3) is 1.53. The molecule has 1 aliphatic heterocycles. The van der Waals surface area contributed by atoms with Crippen LogP contribution in [0.4, 0.5) is 5.69 Å². The van der Waals surface area contributed by atoms with E-state index in [0.717, 1.165) is 23.4 Å². The van der Waals surface area contributed by atoms with Crippen molar-refractivity contribution in [2.45, 2.75) is 32.1 Å². The zero-order valence-electron chi connectivity index (χ0n) is 9.67. The van der Waals surface area contributed by atoms with E-state index in [-0.39, 0.29) is 0 Å². The van der Waals surface area contributed by atoms with Gasteiger partial charge in [0.25, 0.3) is 0 Å². The van der Waals surface area contributed by atoms with Crippen LogP contribution in [0, 0.1) is 11.8 Å². The standard InChI is InChI=1S/C14H18ClN/c1-9-4-2-5-10(9)12-8-16-14-11(12)6-3-7-13(14)15/h3,6-7,9-10,12,16H,2,4-5,8H2,1H3. The molecule has 1 fully saturated rings. The molecule has 16 heavy (non-hydrogen) atoms. The van der Waals surface area contributed by atoms with E-state index in [4.69, 9.17) is 11.6 Å². The molecule has 1 aromatic rings. The number of rotatable bonds is 1. The van der Waals surface area contributed by atoms with Crippen LogP contribution in [-0.2, 0) is 0 Å². The van der Waals surface area contributed by atoms with Crippen molar-refractivity contribution in [2.75, 3.05) is 11.9 Å². The van der Waals surface area contributed by atoms with Crippen LogP contribution in [0.25, 0.3) is 0 Å². The Labute approximate surface area is 102 Å². The number of benzene rings is 1. The quantitative estimate of drug-likeness (QED) is 0.766. The van der Waals surface area contributed by atoms with E-state index in [1.807, 2.05) is 6.07 Å². The van der Waals surface area contributed by atoms with Crippen molar-refractivity contribution in [1.29, 1.82) is 0 Å². The molecule has 0 bridgehead atoms. The summed E-state index contributed by atoms with van der Waals surface area (Å²) in [6, 6.07) is 6.31. The minimum Gasteiger partial charge on any atom is -0.383 e. The molecule has 0 spiro atoms. The van der Waals surface area contributed by atoms with Crippen LogP contribution >= 0.6 is 11.6 Å². The van der Waals surface area contributed by atoms with E-state index in [1.54, 1.807) is 0 Å². The first-order valence-corrected chi connectivity index (χ1v) is 6.67. The van der Waals surface area contributed by atoms with Crippen LogP contribution in [0.3, 0.4) is 0 Å². The van der Waals surface area contributed by atoms with Gasteiger partial charge in [-0.3, -0.25) is 0 Å². The number of para-hydroxylation sites is 1. The van der Waals surface area contributed by atoms with Crippen molar-refractivity contribution in [3.8, 4) is 0 Å². The summed E-state index contributed by atoms with van der Waals surface area (Å²) in [6.45, 7) is 3.48. The second-order valence-corrected chi connectivity index (χ2v) is 5.67. The number of hydrogen-bond acceptors (Lipinski definition) is 1. The zero-order chi connectivity index (χ0) is 11.1. The minimum absolute atomic E-state index is 0.686. The molecule has 1 nitrogen and oxygen atoms in total. The fourth-order valence-corrected chi connectivity index (χ4v) is 3.76. The van der Waals surface area contributed by atoms with E-state index in [2.05, 4.69) is 24.4 Å². The van der Waals surface area contributed by atoms with Gasteiger partial charge in [0.1, 0.15) is 0 Å². The van der Waals surface area contributed by atoms with Crippen LogP contribution in [-0.4, -0.2) is 6.54 Å². The predicted octanol–water partition coefficient (Wildman–Crippen LogP) is 4.29. The minimum atomic E-state index is 0.686. The molecule has 1 aromatic carbocycles. The fraction of sp³-hybridized carbons (Fsp3) is 0.571. The van der Waals surface area contributed by atoms with Crippen LogP contribution in [0.2, 0.25) is 5.02 Å². The molecule has 0 amide bonds. The highest BCUT2D eigenvalue weighted by Crippen LogP contribution is 2.47. The normalized spacial score (nSPS) is 32.5. The highest BCUT2D eigenvalue weighted by molar-refractivity contribution is 6.33. The van der Waals surface area contributed by atoms with Crippen molar-refractivity contribution >= 4 is 17.3 Å². The summed E-state index contributed by atoms with van der Waals surface area (Å²) in [4.78, 5) is 0. The topological polar surface area (TPSA) is 12.0 Å². The summed E-state index contributed by atoms with van der Waals surface area (Å²) in [5.41, 5.74) is 2.64. The Morgan fingerprint density at radius 2 is 2.19 bits per heavy atom. The van der Waals surface area contributed by atoms with Gasteiger partial charge in [0, 0.05) is 12.5 Å². The maximum absolute atomic E-state index is 6.22. The monoisotopic (exact) mass is 235 g/mol. The van der Waals surface area contributed by atoms with Gasteiger partial charge in [-0.25, -0.2) is 0 Å². The molecule has 1 saturated carbocycles. The van der Waals surface area contributed by atoms with E-state index < -0.39 is 0 Å². The summed E-state index contributed by atoms with van der Waals surface area (Å²) in [5.74, 6) is 2.41. The Bertz CT molecular complexity index is 402. The Morgan fingerprint density at radius 1 is 1.31 bits per heavy atom. The molecule has 1 aliphatic carbocycles. The second kappa shape index (κ2) is 3.96. The van der Waals surface area contributed by atoms with E-state index in [0.29, 0.717) is 5.92 Å². The van der Waals surface area contributed by atoms with Gasteiger partial charge in [0.05, 0.1) is 10.7 Å². The van der Waals surface area contributed by atoms with Gasteiger partial charge in [0.2, 0.25) is 0 Å². The lowest BCUT2D eigenvalue weighted by Crippen LogP contribution is -2.17. The summed E-state index contributed by atoms with van der Waals surface area (Å²) < 4.78 is 0. The van der Waals surface area contributed by atoms with Gasteiger partial charge in [0.15, 0.2) is 0 Å². The smallest absolute Gasteiger partial charge is 0.0640 e. The Morgan fingerprint density at radius 3 is 2.94 bits per heavy atom. The first-order chi connectivity index (χ1) is 7.77. The lowest BCUT2D eigenvalue weighted by atomic mass is 9.81. The van der Waals surface area contributed by atoms with Gasteiger partial charge in [-0.2, -0.15) is 0 Å². The Balaban J connectivity index is 1.94. The lowest BCUT2D eigenvalue weighted by Gasteiger charge is -2.22. The third-order valence-electron chi connectivity index (χ3n) is 4.39. The Kier molecular flexibility index (Phi) is 2.59. The molecule has 3 atom stereocenters. The average molecular weight is 236 g/mol. The first kappa shape index (κ1) is 10.5. The van der Waals surface area contributed by atoms with Crippen molar-refractivity contribution in [2.24, 2.45) is 11.8 Å². The molecule has 1 N–H and O–H groups in total. The van der Waals surface area contributed by atoms with E-state index in [1.165, 1.54) is 30.5 Å². The van der Waals surface area contributed by atoms with E-state index >= 15 is 0 Å². The van der Waals surface area contributed by atoms with Crippen molar-refractivity contribution in [1.82, 2.24) is 0 Å². The molecule has 2 heteroatoms. The van der Waals surface area contributed by atoms with Crippen LogP contribution in [0.1, 0.15) is 37.7 Å². The van der Waals surface area contributed by atoms with Gasteiger partial charge < -0.3 is 5.32 Å². The summed E-state index contributed by atoms with van der Waals surface area (Å²) >= 11 is 6.22. The summed E-state index contributed by atoms with van der Waals surface area (Å²) in [7, 11) is 0. The fourth-order valence-electron chi connectivity index (χ4n) is 3.51. The maximum atomic E-state index is 6.22. The highest BCUT2D eigenvalue weighted by atomic mass is 35.5. The van der Waals surface area contributed by atoms with Crippen LogP contribution < -0.4 is 5.32 Å². The SMILES string of the molecule is CC1CCCC1C1CNc2c(Cl)cccc21. The zero-order valence-corrected chi connectivity index (χ0v) is 10.4. The molecular formula is C14H18ClN. The Hall–Kier alpha value is -0.690. The first-order valence-electron chi connectivity index (χ1n) is 6.29. The number of hydrogen-bond donors (Lipinski definition) is 1. The van der Waals surface area contributed by atoms with Crippen LogP contribution in [0.5, 0.6) is 0 Å². The van der Waals surface area contributed by atoms with Gasteiger partial charge in [-0.15, -0.1) is 0 Å². The average Bonchev–Trinajstić information content (AvgIpc) is 2.84. The summed E-state index contributed by atoms with van der Waals surface area (Å²) in [6.07, 6.45) is 4.19. The number of nitrogens with one attached hydrogen (secondary N) is 1. The number of fused-ring (bicyclic) bond motifs is 1. The predicted molar refractivity (Wildman–Crippen MR) is 69.2 cm³/mol. The largest absolute Gasteiger partial charge is 0.383 e. The second-order valence-electron chi connectivity index (χ2n) is 5.26. The van der Waals surface area contributed by atoms with Gasteiger partial charge in [-0.05, 0) is 29.9 Å². The maximum Gasteiger partial charge on any atom is 0.0640 e. The lowest BCUT2D eigenvalue weighted by molar-refractivity contribution is 0.361.